The molecule has 2 aliphatic rings. The Morgan fingerprint density at radius 3 is 2.65 bits per heavy atom. The molecule has 1 aromatic heterocycles. The normalized spacial score (nSPS) is 24.7. The molecule has 1 amide bonds. The number of thiophene rings is 1. The van der Waals surface area contributed by atoms with Crippen LogP contribution in [0, 0.1) is 0 Å². The lowest BCUT2D eigenvalue weighted by atomic mass is 10.1. The van der Waals surface area contributed by atoms with Gasteiger partial charge in [-0.05, 0) is 37.1 Å². The lowest BCUT2D eigenvalue weighted by molar-refractivity contribution is -0.133. The maximum absolute atomic E-state index is 12.5. The highest BCUT2D eigenvalue weighted by Gasteiger charge is 2.41. The molecule has 1 aliphatic carbocycles. The van der Waals surface area contributed by atoms with Gasteiger partial charge in [0.1, 0.15) is 0 Å². The summed E-state index contributed by atoms with van der Waals surface area (Å²) in [6.45, 7) is 0. The van der Waals surface area contributed by atoms with Crippen LogP contribution in [0.2, 0.25) is 0 Å². The average Bonchev–Trinajstić information content (AvgIpc) is 2.95. The number of carbonyl (C=O) groups excluding carboxylic acids is 1. The van der Waals surface area contributed by atoms with Crippen molar-refractivity contribution in [1.82, 2.24) is 4.90 Å². The van der Waals surface area contributed by atoms with Crippen molar-refractivity contribution in [3.63, 3.8) is 0 Å². The van der Waals surface area contributed by atoms with E-state index in [0.29, 0.717) is 18.9 Å². The van der Waals surface area contributed by atoms with Crippen molar-refractivity contribution in [3.05, 3.63) is 22.4 Å². The molecule has 1 unspecified atom stereocenters. The summed E-state index contributed by atoms with van der Waals surface area (Å²) in [5.74, 6) is 0.524. The first-order chi connectivity index (χ1) is 9.55. The van der Waals surface area contributed by atoms with Gasteiger partial charge in [0.05, 0.1) is 11.5 Å². The van der Waals surface area contributed by atoms with Crippen LogP contribution in [0.1, 0.15) is 30.6 Å². The van der Waals surface area contributed by atoms with Gasteiger partial charge in [-0.15, -0.1) is 11.3 Å². The van der Waals surface area contributed by atoms with Crippen molar-refractivity contribution < 1.29 is 13.2 Å². The van der Waals surface area contributed by atoms with E-state index in [1.807, 2.05) is 22.4 Å². The molecule has 1 aromatic rings. The number of hydrogen-bond donors (Lipinski definition) is 0. The number of carbonyl (C=O) groups is 1. The van der Waals surface area contributed by atoms with Gasteiger partial charge in [-0.1, -0.05) is 6.07 Å². The molecule has 0 bridgehead atoms. The lowest BCUT2D eigenvalue weighted by Gasteiger charge is -2.28. The van der Waals surface area contributed by atoms with Crippen LogP contribution in [0.4, 0.5) is 0 Å². The zero-order valence-corrected chi connectivity index (χ0v) is 13.0. The molecule has 20 heavy (non-hydrogen) atoms. The summed E-state index contributed by atoms with van der Waals surface area (Å²) in [7, 11) is -2.93. The molecule has 1 atom stereocenters. The summed E-state index contributed by atoms with van der Waals surface area (Å²) >= 11 is 1.67. The third-order valence-electron chi connectivity index (χ3n) is 4.00. The Bertz CT molecular complexity index is 576. The van der Waals surface area contributed by atoms with Crippen LogP contribution in [0.15, 0.2) is 17.5 Å². The fraction of sp³-hybridized carbons (Fsp3) is 0.643. The van der Waals surface area contributed by atoms with Crippen LogP contribution in [-0.2, 0) is 21.1 Å². The largest absolute Gasteiger partial charge is 0.336 e. The first-order valence-corrected chi connectivity index (χ1v) is 9.79. The molecule has 0 aromatic carbocycles. The lowest BCUT2D eigenvalue weighted by Crippen LogP contribution is -2.42. The van der Waals surface area contributed by atoms with Crippen molar-refractivity contribution in [2.45, 2.75) is 44.2 Å². The Morgan fingerprint density at radius 1 is 1.30 bits per heavy atom. The molecule has 0 spiro atoms. The SMILES string of the molecule is O=C(CCc1cccs1)N(C1CC1)C1CCS(=O)(=O)C1. The number of aryl methyl sites for hydroxylation is 1. The highest BCUT2D eigenvalue weighted by molar-refractivity contribution is 7.91. The predicted molar refractivity (Wildman–Crippen MR) is 79.6 cm³/mol. The van der Waals surface area contributed by atoms with Crippen LogP contribution in [0.5, 0.6) is 0 Å². The minimum Gasteiger partial charge on any atom is -0.336 e. The van der Waals surface area contributed by atoms with E-state index >= 15 is 0 Å². The van der Waals surface area contributed by atoms with Crippen LogP contribution < -0.4 is 0 Å². The van der Waals surface area contributed by atoms with E-state index in [1.165, 1.54) is 4.88 Å². The van der Waals surface area contributed by atoms with Gasteiger partial charge in [0.25, 0.3) is 0 Å². The molecule has 3 rings (SSSR count). The Morgan fingerprint density at radius 2 is 2.10 bits per heavy atom. The fourth-order valence-electron chi connectivity index (χ4n) is 2.87. The second kappa shape index (κ2) is 5.48. The molecule has 6 heteroatoms. The molecule has 0 N–H and O–H groups in total. The second-order valence-corrected chi connectivity index (χ2v) is 8.93. The molecular formula is C14H19NO3S2. The molecule has 4 nitrogen and oxygen atoms in total. The molecule has 1 aliphatic heterocycles. The van der Waals surface area contributed by atoms with Gasteiger partial charge in [-0.25, -0.2) is 8.42 Å². The van der Waals surface area contributed by atoms with E-state index in [9.17, 15) is 13.2 Å². The maximum Gasteiger partial charge on any atom is 0.223 e. The summed E-state index contributed by atoms with van der Waals surface area (Å²) in [6.07, 6.45) is 3.93. The van der Waals surface area contributed by atoms with E-state index in [0.717, 1.165) is 19.3 Å². The van der Waals surface area contributed by atoms with Crippen LogP contribution in [-0.4, -0.2) is 42.8 Å². The van der Waals surface area contributed by atoms with Gasteiger partial charge in [0, 0.05) is 23.4 Å². The third kappa shape index (κ3) is 3.23. The zero-order chi connectivity index (χ0) is 14.2. The Balaban J connectivity index is 1.63. The number of sulfone groups is 1. The van der Waals surface area contributed by atoms with Crippen molar-refractivity contribution in [3.8, 4) is 0 Å². The molecular weight excluding hydrogens is 294 g/mol. The second-order valence-electron chi connectivity index (χ2n) is 5.67. The molecule has 0 radical (unpaired) electrons. The minimum atomic E-state index is -2.93. The smallest absolute Gasteiger partial charge is 0.223 e. The number of amides is 1. The van der Waals surface area contributed by atoms with Gasteiger partial charge in [-0.3, -0.25) is 4.79 Å². The number of rotatable bonds is 5. The Hall–Kier alpha value is -0.880. The third-order valence-corrected chi connectivity index (χ3v) is 6.68. The van der Waals surface area contributed by atoms with E-state index in [2.05, 4.69) is 0 Å². The predicted octanol–water partition coefficient (Wildman–Crippen LogP) is 1.86. The molecule has 110 valence electrons. The first-order valence-electron chi connectivity index (χ1n) is 7.09. The molecule has 1 saturated heterocycles. The van der Waals surface area contributed by atoms with Gasteiger partial charge in [0.2, 0.25) is 5.91 Å². The standard InChI is InChI=1S/C14H19NO3S2/c16-14(6-5-13-2-1-8-19-13)15(11-3-4-11)12-7-9-20(17,18)10-12/h1-2,8,11-12H,3-7,9-10H2. The summed E-state index contributed by atoms with van der Waals surface area (Å²) in [4.78, 5) is 15.6. The number of nitrogens with zero attached hydrogens (tertiary/aromatic N) is 1. The van der Waals surface area contributed by atoms with Gasteiger partial charge in [0.15, 0.2) is 9.84 Å². The van der Waals surface area contributed by atoms with Gasteiger partial charge in [-0.2, -0.15) is 0 Å². The van der Waals surface area contributed by atoms with E-state index in [1.54, 1.807) is 11.3 Å². The van der Waals surface area contributed by atoms with E-state index < -0.39 is 9.84 Å². The topological polar surface area (TPSA) is 54.5 Å². The Labute approximate surface area is 123 Å². The summed E-state index contributed by atoms with van der Waals surface area (Å²) < 4.78 is 23.2. The van der Waals surface area contributed by atoms with Crippen molar-refractivity contribution in [2.75, 3.05) is 11.5 Å². The summed E-state index contributed by atoms with van der Waals surface area (Å²) in [6, 6.07) is 4.25. The van der Waals surface area contributed by atoms with Gasteiger partial charge < -0.3 is 4.90 Å². The number of hydrogen-bond acceptors (Lipinski definition) is 4. The summed E-state index contributed by atoms with van der Waals surface area (Å²) in [5, 5.41) is 2.02. The van der Waals surface area contributed by atoms with Crippen molar-refractivity contribution >= 4 is 27.1 Å². The molecule has 1 saturated carbocycles. The Kier molecular flexibility index (Phi) is 3.86. The highest BCUT2D eigenvalue weighted by Crippen LogP contribution is 2.33. The zero-order valence-electron chi connectivity index (χ0n) is 11.3. The van der Waals surface area contributed by atoms with Crippen LogP contribution in [0.25, 0.3) is 0 Å². The monoisotopic (exact) mass is 313 g/mol. The van der Waals surface area contributed by atoms with Crippen LogP contribution >= 0.6 is 11.3 Å². The first kappa shape index (κ1) is 14.1. The van der Waals surface area contributed by atoms with Crippen LogP contribution in [0.3, 0.4) is 0 Å². The summed E-state index contributed by atoms with van der Waals surface area (Å²) in [5.41, 5.74) is 0. The van der Waals surface area contributed by atoms with Crippen molar-refractivity contribution in [2.24, 2.45) is 0 Å². The van der Waals surface area contributed by atoms with E-state index in [-0.39, 0.29) is 23.5 Å². The quantitative estimate of drug-likeness (QED) is 0.834. The minimum absolute atomic E-state index is 0.0802. The fourth-order valence-corrected chi connectivity index (χ4v) is 5.29. The van der Waals surface area contributed by atoms with E-state index in [4.69, 9.17) is 0 Å². The average molecular weight is 313 g/mol. The maximum atomic E-state index is 12.5. The molecule has 2 heterocycles. The molecule has 2 fully saturated rings. The highest BCUT2D eigenvalue weighted by atomic mass is 32.2. The van der Waals surface area contributed by atoms with Crippen molar-refractivity contribution in [1.29, 1.82) is 0 Å². The van der Waals surface area contributed by atoms with Gasteiger partial charge >= 0.3 is 0 Å².